The van der Waals surface area contributed by atoms with E-state index in [1.165, 1.54) is 17.0 Å². The minimum Gasteiger partial charge on any atom is -0.390 e. The highest BCUT2D eigenvalue weighted by Crippen LogP contribution is 2.33. The molecular weight excluding hydrogens is 464 g/mol. The summed E-state index contributed by atoms with van der Waals surface area (Å²) in [6.45, 7) is -0.0970. The SMILES string of the molecule is O=C1C(=NOCc2c(Cl)cccc2Cl)c2ccccc2N1Cc1cccc(C(F)(F)F)c1. The van der Waals surface area contributed by atoms with Crippen LogP contribution in [-0.2, 0) is 29.0 Å². The van der Waals surface area contributed by atoms with Crippen LogP contribution in [0, 0.1) is 0 Å². The van der Waals surface area contributed by atoms with E-state index < -0.39 is 17.6 Å². The summed E-state index contributed by atoms with van der Waals surface area (Å²) in [6, 6.07) is 16.8. The minimum absolute atomic E-state index is 0.0465. The summed E-state index contributed by atoms with van der Waals surface area (Å²) in [4.78, 5) is 19.8. The number of rotatable bonds is 5. The van der Waals surface area contributed by atoms with Gasteiger partial charge in [-0.2, -0.15) is 13.2 Å². The third kappa shape index (κ3) is 4.45. The van der Waals surface area contributed by atoms with E-state index in [2.05, 4.69) is 5.16 Å². The molecule has 3 aromatic carbocycles. The van der Waals surface area contributed by atoms with E-state index >= 15 is 0 Å². The second-order valence-electron chi connectivity index (χ2n) is 7.02. The largest absolute Gasteiger partial charge is 0.416 e. The van der Waals surface area contributed by atoms with Crippen molar-refractivity contribution in [2.45, 2.75) is 19.3 Å². The quantitative estimate of drug-likeness (QED) is 0.393. The molecular formula is C23H15Cl2F3N2O2. The molecule has 0 spiro atoms. The molecule has 0 fully saturated rings. The van der Waals surface area contributed by atoms with E-state index in [1.807, 2.05) is 0 Å². The van der Waals surface area contributed by atoms with Crippen molar-refractivity contribution in [1.29, 1.82) is 0 Å². The van der Waals surface area contributed by atoms with E-state index in [1.54, 1.807) is 42.5 Å². The Kier molecular flexibility index (Phi) is 6.13. The number of oxime groups is 1. The molecule has 0 bridgehead atoms. The number of alkyl halides is 3. The molecule has 3 aromatic rings. The lowest BCUT2D eigenvalue weighted by Gasteiger charge is -2.17. The van der Waals surface area contributed by atoms with Gasteiger partial charge in [0.15, 0.2) is 5.71 Å². The molecule has 0 N–H and O–H groups in total. The molecule has 0 saturated carbocycles. The molecule has 0 aliphatic carbocycles. The maximum atomic E-state index is 13.1. The predicted molar refractivity (Wildman–Crippen MR) is 117 cm³/mol. The number of amides is 1. The smallest absolute Gasteiger partial charge is 0.390 e. The lowest BCUT2D eigenvalue weighted by Crippen LogP contribution is -2.29. The number of hydrogen-bond donors (Lipinski definition) is 0. The van der Waals surface area contributed by atoms with Crippen molar-refractivity contribution in [3.63, 3.8) is 0 Å². The van der Waals surface area contributed by atoms with Crippen LogP contribution in [0.15, 0.2) is 71.9 Å². The number of para-hydroxylation sites is 1. The van der Waals surface area contributed by atoms with Crippen LogP contribution in [0.2, 0.25) is 10.0 Å². The Bertz CT molecular complexity index is 1190. The number of benzene rings is 3. The molecule has 0 radical (unpaired) electrons. The van der Waals surface area contributed by atoms with Crippen molar-refractivity contribution in [2.24, 2.45) is 5.16 Å². The first kappa shape index (κ1) is 22.2. The first-order valence-corrected chi connectivity index (χ1v) is 10.2. The monoisotopic (exact) mass is 478 g/mol. The first-order valence-electron chi connectivity index (χ1n) is 9.46. The summed E-state index contributed by atoms with van der Waals surface area (Å²) in [6.07, 6.45) is -4.47. The number of fused-ring (bicyclic) bond motifs is 1. The van der Waals surface area contributed by atoms with Gasteiger partial charge in [0, 0.05) is 21.2 Å². The second-order valence-corrected chi connectivity index (χ2v) is 7.83. The van der Waals surface area contributed by atoms with E-state index in [9.17, 15) is 18.0 Å². The van der Waals surface area contributed by atoms with Crippen molar-refractivity contribution in [3.8, 4) is 0 Å². The standard InChI is InChI=1S/C23H15Cl2F3N2O2/c24-18-8-4-9-19(25)17(18)13-32-29-21-16-7-1-2-10-20(16)30(22(21)31)12-14-5-3-6-15(11-14)23(26,27)28/h1-11H,12-13H2. The van der Waals surface area contributed by atoms with Gasteiger partial charge in [0.2, 0.25) is 0 Å². The predicted octanol–water partition coefficient (Wildman–Crippen LogP) is 6.48. The number of nitrogens with zero attached hydrogens (tertiary/aromatic N) is 2. The van der Waals surface area contributed by atoms with Crippen molar-refractivity contribution in [2.75, 3.05) is 4.90 Å². The van der Waals surface area contributed by atoms with Crippen LogP contribution in [0.4, 0.5) is 18.9 Å². The van der Waals surface area contributed by atoms with E-state index in [-0.39, 0.29) is 18.9 Å². The van der Waals surface area contributed by atoms with Gasteiger partial charge >= 0.3 is 6.18 Å². The zero-order valence-electron chi connectivity index (χ0n) is 16.4. The van der Waals surface area contributed by atoms with Crippen molar-refractivity contribution >= 4 is 40.5 Å². The summed E-state index contributed by atoms with van der Waals surface area (Å²) < 4.78 is 39.2. The molecule has 4 rings (SSSR count). The highest BCUT2D eigenvalue weighted by Gasteiger charge is 2.35. The number of halogens is 5. The molecule has 0 unspecified atom stereocenters. The van der Waals surface area contributed by atoms with Gasteiger partial charge in [-0.3, -0.25) is 4.79 Å². The van der Waals surface area contributed by atoms with E-state index in [0.29, 0.717) is 32.4 Å². The van der Waals surface area contributed by atoms with E-state index in [4.69, 9.17) is 28.0 Å². The zero-order valence-corrected chi connectivity index (χ0v) is 17.9. The highest BCUT2D eigenvalue weighted by molar-refractivity contribution is 6.54. The Morgan fingerprint density at radius 3 is 2.34 bits per heavy atom. The summed E-state index contributed by atoms with van der Waals surface area (Å²) in [7, 11) is 0. The summed E-state index contributed by atoms with van der Waals surface area (Å²) in [5, 5.41) is 4.81. The number of anilines is 1. The normalized spacial score (nSPS) is 14.7. The number of hydrogen-bond acceptors (Lipinski definition) is 3. The van der Waals surface area contributed by atoms with Crippen LogP contribution in [0.25, 0.3) is 0 Å². The number of carbonyl (C=O) groups excluding carboxylic acids is 1. The maximum Gasteiger partial charge on any atom is 0.416 e. The fourth-order valence-corrected chi connectivity index (χ4v) is 3.87. The Morgan fingerprint density at radius 1 is 0.938 bits per heavy atom. The molecule has 0 atom stereocenters. The molecule has 9 heteroatoms. The van der Waals surface area contributed by atoms with Crippen LogP contribution in [0.3, 0.4) is 0 Å². The molecule has 0 aromatic heterocycles. The molecule has 1 amide bonds. The van der Waals surface area contributed by atoms with Crippen LogP contribution in [0.1, 0.15) is 22.3 Å². The van der Waals surface area contributed by atoms with Gasteiger partial charge in [-0.1, -0.05) is 64.8 Å². The van der Waals surface area contributed by atoms with E-state index in [0.717, 1.165) is 12.1 Å². The summed E-state index contributed by atoms with van der Waals surface area (Å²) >= 11 is 12.2. The Morgan fingerprint density at radius 2 is 1.62 bits per heavy atom. The zero-order chi connectivity index (χ0) is 22.9. The van der Waals surface area contributed by atoms with Crippen LogP contribution < -0.4 is 4.90 Å². The van der Waals surface area contributed by atoms with Crippen LogP contribution in [0.5, 0.6) is 0 Å². The van der Waals surface area contributed by atoms with Crippen LogP contribution in [-0.4, -0.2) is 11.6 Å². The minimum atomic E-state index is -4.47. The van der Waals surface area contributed by atoms with Crippen molar-refractivity contribution in [1.82, 2.24) is 0 Å². The molecule has 1 aliphatic rings. The van der Waals surface area contributed by atoms with Gasteiger partial charge in [-0.05, 0) is 35.9 Å². The Balaban J connectivity index is 1.59. The fraction of sp³-hybridized carbons (Fsp3) is 0.130. The average molecular weight is 479 g/mol. The van der Waals surface area contributed by atoms with Gasteiger partial charge in [0.25, 0.3) is 5.91 Å². The third-order valence-electron chi connectivity index (χ3n) is 4.92. The molecule has 1 aliphatic heterocycles. The third-order valence-corrected chi connectivity index (χ3v) is 5.63. The average Bonchev–Trinajstić information content (AvgIpc) is 3.01. The molecule has 164 valence electrons. The molecule has 32 heavy (non-hydrogen) atoms. The fourth-order valence-electron chi connectivity index (χ4n) is 3.37. The highest BCUT2D eigenvalue weighted by atomic mass is 35.5. The Labute approximate surface area is 191 Å². The summed E-state index contributed by atoms with van der Waals surface area (Å²) in [5.74, 6) is -0.478. The van der Waals surface area contributed by atoms with Gasteiger partial charge in [-0.15, -0.1) is 0 Å². The first-order chi connectivity index (χ1) is 15.3. The van der Waals surface area contributed by atoms with Gasteiger partial charge in [0.05, 0.1) is 17.8 Å². The second kappa shape index (κ2) is 8.84. The van der Waals surface area contributed by atoms with Gasteiger partial charge in [0.1, 0.15) is 6.61 Å². The topological polar surface area (TPSA) is 41.9 Å². The Hall–Kier alpha value is -3.03. The maximum absolute atomic E-state index is 13.1. The lowest BCUT2D eigenvalue weighted by atomic mass is 10.1. The molecule has 0 saturated heterocycles. The van der Waals surface area contributed by atoms with Gasteiger partial charge < -0.3 is 9.74 Å². The molecule has 4 nitrogen and oxygen atoms in total. The molecule has 1 heterocycles. The van der Waals surface area contributed by atoms with Gasteiger partial charge in [-0.25, -0.2) is 0 Å². The van der Waals surface area contributed by atoms with Crippen molar-refractivity contribution in [3.05, 3.63) is 99.0 Å². The van der Waals surface area contributed by atoms with Crippen molar-refractivity contribution < 1.29 is 22.8 Å². The lowest BCUT2D eigenvalue weighted by molar-refractivity contribution is -0.137. The summed E-state index contributed by atoms with van der Waals surface area (Å²) in [5.41, 5.74) is 1.20. The van der Waals surface area contributed by atoms with Crippen LogP contribution >= 0.6 is 23.2 Å². The number of carbonyl (C=O) groups is 1.